The van der Waals surface area contributed by atoms with Crippen LogP contribution in [0, 0.1) is 0 Å². The van der Waals surface area contributed by atoms with Crippen LogP contribution < -0.4 is 0 Å². The molecule has 0 aliphatic carbocycles. The van der Waals surface area contributed by atoms with Crippen molar-refractivity contribution in [2.75, 3.05) is 5.75 Å². The number of thioether (sulfide) groups is 1. The number of hydrogen-bond acceptors (Lipinski definition) is 1. The summed E-state index contributed by atoms with van der Waals surface area (Å²) in [5, 5.41) is 1.37. The summed E-state index contributed by atoms with van der Waals surface area (Å²) in [4.78, 5) is 3.50. The summed E-state index contributed by atoms with van der Waals surface area (Å²) in [6.07, 6.45) is 1.16. The van der Waals surface area contributed by atoms with Crippen molar-refractivity contribution in [2.24, 2.45) is 0 Å². The lowest BCUT2D eigenvalue weighted by Crippen LogP contribution is -2.02. The molecular formula is C11H10BrNS. The van der Waals surface area contributed by atoms with Gasteiger partial charge in [-0.3, -0.25) is 0 Å². The fourth-order valence-electron chi connectivity index (χ4n) is 2.02. The van der Waals surface area contributed by atoms with Gasteiger partial charge in [-0.15, -0.1) is 11.8 Å². The highest BCUT2D eigenvalue weighted by atomic mass is 79.9. The average Bonchev–Trinajstić information content (AvgIpc) is 2.57. The predicted molar refractivity (Wildman–Crippen MR) is 66.1 cm³/mol. The minimum Gasteiger partial charge on any atom is -0.358 e. The van der Waals surface area contributed by atoms with E-state index in [0.717, 1.165) is 6.42 Å². The Bertz CT molecular complexity index is 477. The lowest BCUT2D eigenvalue weighted by atomic mass is 10.1. The van der Waals surface area contributed by atoms with Gasteiger partial charge < -0.3 is 4.98 Å². The molecule has 0 saturated carbocycles. The lowest BCUT2D eigenvalue weighted by Gasteiger charge is -2.16. The van der Waals surface area contributed by atoms with Crippen LogP contribution in [0.3, 0.4) is 0 Å². The molecular weight excluding hydrogens is 258 g/mol. The Kier molecular flexibility index (Phi) is 2.10. The topological polar surface area (TPSA) is 15.8 Å². The van der Waals surface area contributed by atoms with Crippen molar-refractivity contribution in [2.45, 2.75) is 10.6 Å². The molecule has 0 fully saturated rings. The predicted octanol–water partition coefficient (Wildman–Crippen LogP) is 3.85. The number of alkyl halides is 1. The van der Waals surface area contributed by atoms with Crippen molar-refractivity contribution in [3.63, 3.8) is 0 Å². The number of para-hydroxylation sites is 1. The fraction of sp³-hybridized carbons (Fsp3) is 0.273. The normalized spacial score (nSPS) is 21.1. The number of benzene rings is 1. The molecule has 2 aromatic rings. The van der Waals surface area contributed by atoms with E-state index in [1.165, 1.54) is 27.9 Å². The highest BCUT2D eigenvalue weighted by Gasteiger charge is 2.22. The number of aryl methyl sites for hydroxylation is 1. The summed E-state index contributed by atoms with van der Waals surface area (Å²) in [6, 6.07) is 8.54. The van der Waals surface area contributed by atoms with Crippen LogP contribution >= 0.6 is 27.7 Å². The van der Waals surface area contributed by atoms with Gasteiger partial charge in [0.1, 0.15) is 0 Å². The summed E-state index contributed by atoms with van der Waals surface area (Å²) in [5.41, 5.74) is 4.13. The van der Waals surface area contributed by atoms with Gasteiger partial charge in [0.25, 0.3) is 0 Å². The Balaban J connectivity index is 2.34. The summed E-state index contributed by atoms with van der Waals surface area (Å²) < 4.78 is 0.461. The molecule has 3 rings (SSSR count). The van der Waals surface area contributed by atoms with Gasteiger partial charge in [-0.05, 0) is 12.5 Å². The molecule has 1 aromatic heterocycles. The van der Waals surface area contributed by atoms with Crippen molar-refractivity contribution in [1.82, 2.24) is 4.98 Å². The molecule has 72 valence electrons. The monoisotopic (exact) mass is 267 g/mol. The molecule has 2 heterocycles. The molecule has 1 unspecified atom stereocenters. The van der Waals surface area contributed by atoms with E-state index in [1.807, 2.05) is 11.8 Å². The Morgan fingerprint density at radius 2 is 2.21 bits per heavy atom. The Labute approximate surface area is 95.4 Å². The third-order valence-corrected chi connectivity index (χ3v) is 4.89. The third-order valence-electron chi connectivity index (χ3n) is 2.67. The number of halogens is 1. The molecule has 14 heavy (non-hydrogen) atoms. The molecule has 1 aliphatic rings. The highest BCUT2D eigenvalue weighted by Crippen LogP contribution is 2.44. The van der Waals surface area contributed by atoms with E-state index in [0.29, 0.717) is 4.16 Å². The molecule has 1 nitrogen and oxygen atoms in total. The second-order valence-electron chi connectivity index (χ2n) is 3.50. The van der Waals surface area contributed by atoms with Gasteiger partial charge in [-0.1, -0.05) is 34.1 Å². The first-order valence-electron chi connectivity index (χ1n) is 4.71. The minimum atomic E-state index is 0.461. The Morgan fingerprint density at radius 3 is 3.14 bits per heavy atom. The second kappa shape index (κ2) is 3.31. The van der Waals surface area contributed by atoms with Crippen LogP contribution in [0.4, 0.5) is 0 Å². The molecule has 1 atom stereocenters. The number of hydrogen-bond donors (Lipinski definition) is 1. The molecule has 0 amide bonds. The number of fused-ring (bicyclic) bond motifs is 3. The minimum absolute atomic E-state index is 0.461. The van der Waals surface area contributed by atoms with Gasteiger partial charge in [0, 0.05) is 27.9 Å². The van der Waals surface area contributed by atoms with Crippen LogP contribution in [0.15, 0.2) is 24.3 Å². The lowest BCUT2D eigenvalue weighted by molar-refractivity contribution is 1.04. The number of aromatic nitrogens is 1. The maximum absolute atomic E-state index is 3.73. The second-order valence-corrected chi connectivity index (χ2v) is 6.23. The molecule has 0 radical (unpaired) electrons. The van der Waals surface area contributed by atoms with Gasteiger partial charge in [0.15, 0.2) is 0 Å². The van der Waals surface area contributed by atoms with Crippen molar-refractivity contribution in [3.05, 3.63) is 35.5 Å². The first kappa shape index (κ1) is 8.86. The molecule has 1 aromatic carbocycles. The van der Waals surface area contributed by atoms with E-state index < -0.39 is 0 Å². The van der Waals surface area contributed by atoms with E-state index in [9.17, 15) is 0 Å². The van der Waals surface area contributed by atoms with Gasteiger partial charge in [-0.2, -0.15) is 0 Å². The van der Waals surface area contributed by atoms with Gasteiger partial charge in [-0.25, -0.2) is 0 Å². The molecule has 1 N–H and O–H groups in total. The maximum Gasteiger partial charge on any atom is 0.0872 e. The summed E-state index contributed by atoms with van der Waals surface area (Å²) in [7, 11) is 0. The van der Waals surface area contributed by atoms with Gasteiger partial charge in [0.05, 0.1) is 4.16 Å². The molecule has 3 heteroatoms. The van der Waals surface area contributed by atoms with Crippen LogP contribution in [0.25, 0.3) is 10.9 Å². The number of rotatable bonds is 0. The summed E-state index contributed by atoms with van der Waals surface area (Å²) in [5.74, 6) is 1.20. The Morgan fingerprint density at radius 1 is 1.36 bits per heavy atom. The zero-order valence-corrected chi connectivity index (χ0v) is 9.99. The van der Waals surface area contributed by atoms with Crippen LogP contribution in [-0.2, 0) is 6.42 Å². The number of aromatic amines is 1. The van der Waals surface area contributed by atoms with Gasteiger partial charge in [0.2, 0.25) is 0 Å². The standard InChI is InChI=1S/C11H10BrNS/c12-11-10-7-3-1-2-4-8(7)13-9(10)5-6-14-11/h1-4,11,13H,5-6H2. The van der Waals surface area contributed by atoms with Crippen molar-refractivity contribution in [1.29, 1.82) is 0 Å². The SMILES string of the molecule is BrC1SCCc2[nH]c3ccccc3c21. The zero-order valence-electron chi connectivity index (χ0n) is 7.59. The van der Waals surface area contributed by atoms with E-state index in [2.05, 4.69) is 45.2 Å². The van der Waals surface area contributed by atoms with Crippen LogP contribution in [0.5, 0.6) is 0 Å². The smallest absolute Gasteiger partial charge is 0.0872 e. The number of H-pyrrole nitrogens is 1. The van der Waals surface area contributed by atoms with Crippen LogP contribution in [0.2, 0.25) is 0 Å². The zero-order chi connectivity index (χ0) is 9.54. The quantitative estimate of drug-likeness (QED) is 0.717. The van der Waals surface area contributed by atoms with E-state index in [4.69, 9.17) is 0 Å². The van der Waals surface area contributed by atoms with Crippen molar-refractivity contribution in [3.8, 4) is 0 Å². The van der Waals surface area contributed by atoms with E-state index in [-0.39, 0.29) is 0 Å². The molecule has 0 saturated heterocycles. The summed E-state index contributed by atoms with van der Waals surface area (Å²) >= 11 is 5.71. The number of nitrogens with one attached hydrogen (secondary N) is 1. The Hall–Kier alpha value is -0.410. The van der Waals surface area contributed by atoms with Crippen LogP contribution in [-0.4, -0.2) is 10.7 Å². The van der Waals surface area contributed by atoms with Crippen molar-refractivity contribution < 1.29 is 0 Å². The third kappa shape index (κ3) is 1.22. The van der Waals surface area contributed by atoms with E-state index in [1.54, 1.807) is 0 Å². The highest BCUT2D eigenvalue weighted by molar-refractivity contribution is 9.11. The molecule has 1 aliphatic heterocycles. The molecule has 0 bridgehead atoms. The largest absolute Gasteiger partial charge is 0.358 e. The fourth-order valence-corrected chi connectivity index (χ4v) is 4.07. The maximum atomic E-state index is 3.73. The first-order valence-corrected chi connectivity index (χ1v) is 6.68. The van der Waals surface area contributed by atoms with Gasteiger partial charge >= 0.3 is 0 Å². The average molecular weight is 268 g/mol. The van der Waals surface area contributed by atoms with E-state index >= 15 is 0 Å². The summed E-state index contributed by atoms with van der Waals surface area (Å²) in [6.45, 7) is 0. The first-order chi connectivity index (χ1) is 6.86. The van der Waals surface area contributed by atoms with Crippen molar-refractivity contribution >= 4 is 38.6 Å². The molecule has 0 spiro atoms. The van der Waals surface area contributed by atoms with Crippen LogP contribution in [0.1, 0.15) is 15.4 Å².